The summed E-state index contributed by atoms with van der Waals surface area (Å²) in [4.78, 5) is 18.7. The van der Waals surface area contributed by atoms with Gasteiger partial charge in [0.15, 0.2) is 5.13 Å². The van der Waals surface area contributed by atoms with Crippen molar-refractivity contribution in [3.63, 3.8) is 0 Å². The van der Waals surface area contributed by atoms with E-state index in [0.29, 0.717) is 16.6 Å². The van der Waals surface area contributed by atoms with E-state index in [0.717, 1.165) is 18.0 Å². The topological polar surface area (TPSA) is 71.2 Å². The highest BCUT2D eigenvalue weighted by Crippen LogP contribution is 2.26. The number of aromatic nitrogens is 1. The molecule has 2 atom stereocenters. The first-order valence-electron chi connectivity index (χ1n) is 6.59. The molecule has 0 saturated heterocycles. The number of nitrogens with zero attached hydrogens (tertiary/aromatic N) is 2. The first-order valence-corrected chi connectivity index (χ1v) is 7.41. The van der Waals surface area contributed by atoms with Crippen molar-refractivity contribution < 1.29 is 4.79 Å². The van der Waals surface area contributed by atoms with E-state index < -0.39 is 0 Å². The Bertz CT molecular complexity index is 430. The van der Waals surface area contributed by atoms with Crippen molar-refractivity contribution in [3.8, 4) is 0 Å². The summed E-state index contributed by atoms with van der Waals surface area (Å²) in [6.45, 7) is 6.37. The van der Waals surface area contributed by atoms with E-state index in [4.69, 9.17) is 5.73 Å². The Morgan fingerprint density at radius 3 is 2.58 bits per heavy atom. The Kier molecular flexibility index (Phi) is 5.60. The van der Waals surface area contributed by atoms with Gasteiger partial charge in [-0.2, -0.15) is 0 Å². The van der Waals surface area contributed by atoms with Crippen LogP contribution in [0.5, 0.6) is 0 Å². The number of carbonyl (C=O) groups is 1. The van der Waals surface area contributed by atoms with E-state index in [9.17, 15) is 4.79 Å². The lowest BCUT2D eigenvalue weighted by Crippen LogP contribution is -2.33. The highest BCUT2D eigenvalue weighted by Gasteiger charge is 2.19. The second-order valence-electron chi connectivity index (χ2n) is 5.23. The average molecular weight is 284 g/mol. The van der Waals surface area contributed by atoms with Crippen LogP contribution >= 0.6 is 11.3 Å². The number of hydrogen-bond donors (Lipinski definition) is 2. The van der Waals surface area contributed by atoms with Gasteiger partial charge in [0.25, 0.3) is 5.91 Å². The van der Waals surface area contributed by atoms with Crippen molar-refractivity contribution in [1.82, 2.24) is 10.3 Å². The third-order valence-corrected chi connectivity index (χ3v) is 4.30. The molecule has 0 aromatic carbocycles. The van der Waals surface area contributed by atoms with E-state index in [2.05, 4.69) is 24.1 Å². The molecule has 3 N–H and O–H groups in total. The van der Waals surface area contributed by atoms with E-state index in [1.54, 1.807) is 0 Å². The van der Waals surface area contributed by atoms with Gasteiger partial charge >= 0.3 is 0 Å². The van der Waals surface area contributed by atoms with E-state index in [-0.39, 0.29) is 11.9 Å². The van der Waals surface area contributed by atoms with Crippen molar-refractivity contribution in [2.75, 3.05) is 24.7 Å². The van der Waals surface area contributed by atoms with Gasteiger partial charge in [-0.25, -0.2) is 4.98 Å². The van der Waals surface area contributed by atoms with Crippen LogP contribution in [0.15, 0.2) is 0 Å². The molecule has 6 heteroatoms. The van der Waals surface area contributed by atoms with Gasteiger partial charge in [0.2, 0.25) is 0 Å². The fourth-order valence-corrected chi connectivity index (χ4v) is 2.60. The van der Waals surface area contributed by atoms with E-state index in [1.807, 2.05) is 25.9 Å². The van der Waals surface area contributed by atoms with Gasteiger partial charge in [-0.3, -0.25) is 4.79 Å². The molecule has 108 valence electrons. The van der Waals surface area contributed by atoms with Crippen molar-refractivity contribution in [1.29, 1.82) is 0 Å². The van der Waals surface area contributed by atoms with Crippen LogP contribution < -0.4 is 16.0 Å². The first-order chi connectivity index (χ1) is 8.85. The molecule has 0 saturated carbocycles. The van der Waals surface area contributed by atoms with Crippen molar-refractivity contribution in [2.24, 2.45) is 5.92 Å². The second kappa shape index (κ2) is 6.75. The monoisotopic (exact) mass is 284 g/mol. The summed E-state index contributed by atoms with van der Waals surface area (Å²) in [5.41, 5.74) is 5.80. The smallest absolute Gasteiger partial charge is 0.265 e. The molecule has 1 aromatic rings. The number of rotatable bonds is 6. The molecular formula is C13H24N4OS. The van der Waals surface area contributed by atoms with E-state index in [1.165, 1.54) is 11.3 Å². The molecular weight excluding hydrogens is 260 g/mol. The minimum absolute atomic E-state index is 0.126. The molecule has 0 bridgehead atoms. The molecule has 0 aliphatic heterocycles. The molecule has 0 aliphatic carbocycles. The lowest BCUT2D eigenvalue weighted by Gasteiger charge is -2.17. The SMILES string of the molecule is CCC(C)CC(C)NC(=O)c1sc(N(C)C)nc1N. The predicted octanol–water partition coefficient (Wildman–Crippen LogP) is 2.35. The number of nitrogen functional groups attached to an aromatic ring is 1. The van der Waals surface area contributed by atoms with Crippen molar-refractivity contribution >= 4 is 28.2 Å². The predicted molar refractivity (Wildman–Crippen MR) is 81.9 cm³/mol. The molecule has 0 radical (unpaired) electrons. The maximum absolute atomic E-state index is 12.1. The lowest BCUT2D eigenvalue weighted by molar-refractivity contribution is 0.0940. The van der Waals surface area contributed by atoms with Gasteiger partial charge in [0, 0.05) is 20.1 Å². The minimum Gasteiger partial charge on any atom is -0.382 e. The maximum atomic E-state index is 12.1. The molecule has 1 aromatic heterocycles. The molecule has 0 spiro atoms. The van der Waals surface area contributed by atoms with Crippen LogP contribution in [0.4, 0.5) is 10.9 Å². The van der Waals surface area contributed by atoms with E-state index >= 15 is 0 Å². The van der Waals surface area contributed by atoms with Gasteiger partial charge in [-0.05, 0) is 19.3 Å². The lowest BCUT2D eigenvalue weighted by atomic mass is 10.0. The number of amides is 1. The third-order valence-electron chi connectivity index (χ3n) is 3.06. The summed E-state index contributed by atoms with van der Waals surface area (Å²) in [5, 5.41) is 3.73. The van der Waals surface area contributed by atoms with Crippen LogP contribution in [0.2, 0.25) is 0 Å². The average Bonchev–Trinajstić information content (AvgIpc) is 2.71. The van der Waals surface area contributed by atoms with Crippen molar-refractivity contribution in [2.45, 2.75) is 39.7 Å². The number of hydrogen-bond acceptors (Lipinski definition) is 5. The van der Waals surface area contributed by atoms with Gasteiger partial charge in [-0.1, -0.05) is 31.6 Å². The normalized spacial score (nSPS) is 13.9. The quantitative estimate of drug-likeness (QED) is 0.841. The Morgan fingerprint density at radius 1 is 1.47 bits per heavy atom. The maximum Gasteiger partial charge on any atom is 0.265 e. The minimum atomic E-state index is -0.126. The number of anilines is 2. The fraction of sp³-hybridized carbons (Fsp3) is 0.692. The zero-order valence-electron chi connectivity index (χ0n) is 12.4. The zero-order valence-corrected chi connectivity index (χ0v) is 13.2. The van der Waals surface area contributed by atoms with Crippen LogP contribution in [-0.2, 0) is 0 Å². The summed E-state index contributed by atoms with van der Waals surface area (Å²) >= 11 is 1.32. The summed E-state index contributed by atoms with van der Waals surface area (Å²) in [6, 6.07) is 0.145. The standard InChI is InChI=1S/C13H24N4OS/c1-6-8(2)7-9(3)15-12(18)10-11(14)16-13(19-10)17(4)5/h8-9H,6-7,14H2,1-5H3,(H,15,18). The van der Waals surface area contributed by atoms with Gasteiger partial charge in [0.05, 0.1) is 0 Å². The Morgan fingerprint density at radius 2 is 2.11 bits per heavy atom. The van der Waals surface area contributed by atoms with Crippen LogP contribution in [0.1, 0.15) is 43.3 Å². The molecule has 19 heavy (non-hydrogen) atoms. The number of carbonyl (C=O) groups excluding carboxylic acids is 1. The number of nitrogens with two attached hydrogens (primary N) is 1. The summed E-state index contributed by atoms with van der Waals surface area (Å²) in [5.74, 6) is 0.785. The van der Waals surface area contributed by atoms with Crippen LogP contribution in [0.3, 0.4) is 0 Å². The first kappa shape index (κ1) is 15.8. The van der Waals surface area contributed by atoms with Crippen LogP contribution in [0.25, 0.3) is 0 Å². The highest BCUT2D eigenvalue weighted by molar-refractivity contribution is 7.18. The molecule has 1 amide bonds. The molecule has 2 unspecified atom stereocenters. The largest absolute Gasteiger partial charge is 0.382 e. The summed E-state index contributed by atoms with van der Waals surface area (Å²) in [7, 11) is 3.76. The molecule has 5 nitrogen and oxygen atoms in total. The summed E-state index contributed by atoms with van der Waals surface area (Å²) < 4.78 is 0. The molecule has 0 fully saturated rings. The highest BCUT2D eigenvalue weighted by atomic mass is 32.1. The van der Waals surface area contributed by atoms with Crippen molar-refractivity contribution in [3.05, 3.63) is 4.88 Å². The number of thiazole rings is 1. The van der Waals surface area contributed by atoms with Crippen LogP contribution in [-0.4, -0.2) is 31.0 Å². The molecule has 1 rings (SSSR count). The Hall–Kier alpha value is -1.30. The number of nitrogens with one attached hydrogen (secondary N) is 1. The van der Waals surface area contributed by atoms with Crippen LogP contribution in [0, 0.1) is 5.92 Å². The van der Waals surface area contributed by atoms with Gasteiger partial charge in [0.1, 0.15) is 10.7 Å². The van der Waals surface area contributed by atoms with Gasteiger partial charge in [-0.15, -0.1) is 0 Å². The zero-order chi connectivity index (χ0) is 14.6. The Labute approximate surface area is 119 Å². The summed E-state index contributed by atoms with van der Waals surface area (Å²) in [6.07, 6.45) is 2.09. The second-order valence-corrected chi connectivity index (χ2v) is 6.21. The molecule has 0 aliphatic rings. The Balaban J connectivity index is 2.67. The van der Waals surface area contributed by atoms with Gasteiger partial charge < -0.3 is 16.0 Å². The molecule has 1 heterocycles. The fourth-order valence-electron chi connectivity index (χ4n) is 1.79. The third kappa shape index (κ3) is 4.38.